The quantitative estimate of drug-likeness (QED) is 0.573. The van der Waals surface area contributed by atoms with E-state index in [1.807, 2.05) is 32.0 Å². The molecule has 0 saturated carbocycles. The van der Waals surface area contributed by atoms with Crippen molar-refractivity contribution in [2.45, 2.75) is 20.3 Å². The van der Waals surface area contributed by atoms with Crippen LogP contribution in [0.1, 0.15) is 18.1 Å². The Kier molecular flexibility index (Phi) is 3.13. The van der Waals surface area contributed by atoms with Crippen LogP contribution < -0.4 is 4.90 Å². The smallest absolute Gasteiger partial charge is 0.397 e. The third-order valence-electron chi connectivity index (χ3n) is 2.94. The molecule has 1 fully saturated rings. The first-order chi connectivity index (χ1) is 8.15. The lowest BCUT2D eigenvalue weighted by molar-refractivity contribution is -0.156. The molecule has 0 bridgehead atoms. The molecule has 0 radical (unpaired) electrons. The number of ether oxygens (including phenoxy) is 1. The maximum absolute atomic E-state index is 11.8. The zero-order chi connectivity index (χ0) is 12.4. The summed E-state index contributed by atoms with van der Waals surface area (Å²) < 4.78 is 4.73. The maximum atomic E-state index is 11.8. The normalized spacial score (nSPS) is 16.0. The van der Waals surface area contributed by atoms with Crippen molar-refractivity contribution in [2.24, 2.45) is 0 Å². The van der Waals surface area contributed by atoms with Gasteiger partial charge in [-0.2, -0.15) is 0 Å². The molecule has 0 aromatic heterocycles. The summed E-state index contributed by atoms with van der Waals surface area (Å²) in [5.74, 6) is -1.33. The van der Waals surface area contributed by atoms with Gasteiger partial charge in [-0.25, -0.2) is 4.79 Å². The summed E-state index contributed by atoms with van der Waals surface area (Å²) in [5.41, 5.74) is 2.94. The fourth-order valence-corrected chi connectivity index (χ4v) is 2.11. The standard InChI is InChI=1S/C13H15NO3/c1-3-10-6-4-5-9(2)11(10)14-7-8-17-13(16)12(14)15/h4-6H,3,7-8H2,1-2H3. The number of morpholine rings is 1. The summed E-state index contributed by atoms with van der Waals surface area (Å²) in [6.07, 6.45) is 0.829. The third kappa shape index (κ3) is 2.02. The molecule has 0 spiro atoms. The second-order valence-electron chi connectivity index (χ2n) is 4.03. The summed E-state index contributed by atoms with van der Waals surface area (Å²) >= 11 is 0. The molecule has 4 heteroatoms. The number of aryl methyl sites for hydroxylation is 2. The van der Waals surface area contributed by atoms with Crippen LogP contribution in [-0.2, 0) is 20.7 Å². The zero-order valence-electron chi connectivity index (χ0n) is 10.0. The highest BCUT2D eigenvalue weighted by molar-refractivity contribution is 6.38. The predicted molar refractivity (Wildman–Crippen MR) is 63.9 cm³/mol. The van der Waals surface area contributed by atoms with E-state index in [0.717, 1.165) is 23.2 Å². The molecule has 0 atom stereocenters. The molecule has 1 heterocycles. The van der Waals surface area contributed by atoms with Gasteiger partial charge in [0.2, 0.25) is 0 Å². The number of amides is 1. The number of carbonyl (C=O) groups excluding carboxylic acids is 2. The van der Waals surface area contributed by atoms with Crippen molar-refractivity contribution < 1.29 is 14.3 Å². The summed E-state index contributed by atoms with van der Waals surface area (Å²) in [5, 5.41) is 0. The largest absolute Gasteiger partial charge is 0.457 e. The first-order valence-electron chi connectivity index (χ1n) is 5.72. The first-order valence-corrected chi connectivity index (χ1v) is 5.72. The van der Waals surface area contributed by atoms with Gasteiger partial charge in [0.25, 0.3) is 0 Å². The van der Waals surface area contributed by atoms with Crippen molar-refractivity contribution in [3.63, 3.8) is 0 Å². The van der Waals surface area contributed by atoms with E-state index < -0.39 is 11.9 Å². The molecule has 1 aromatic carbocycles. The highest BCUT2D eigenvalue weighted by Gasteiger charge is 2.31. The molecule has 1 aromatic rings. The van der Waals surface area contributed by atoms with Gasteiger partial charge >= 0.3 is 11.9 Å². The van der Waals surface area contributed by atoms with Crippen LogP contribution in [0.2, 0.25) is 0 Å². The van der Waals surface area contributed by atoms with E-state index in [2.05, 4.69) is 0 Å². The van der Waals surface area contributed by atoms with Gasteiger partial charge in [0, 0.05) is 0 Å². The van der Waals surface area contributed by atoms with Crippen LogP contribution in [0.25, 0.3) is 0 Å². The number of anilines is 1. The minimum absolute atomic E-state index is 0.266. The molecule has 90 valence electrons. The predicted octanol–water partition coefficient (Wildman–Crippen LogP) is 1.45. The lowest BCUT2D eigenvalue weighted by atomic mass is 10.0. The fourth-order valence-electron chi connectivity index (χ4n) is 2.11. The molecule has 2 rings (SSSR count). The average Bonchev–Trinajstić information content (AvgIpc) is 2.33. The minimum Gasteiger partial charge on any atom is -0.457 e. The minimum atomic E-state index is -0.762. The summed E-state index contributed by atoms with van der Waals surface area (Å²) in [6, 6.07) is 5.89. The number of nitrogens with zero attached hydrogens (tertiary/aromatic N) is 1. The van der Waals surface area contributed by atoms with Gasteiger partial charge in [-0.3, -0.25) is 9.69 Å². The number of cyclic esters (lactones) is 1. The van der Waals surface area contributed by atoms with Crippen molar-refractivity contribution in [1.82, 2.24) is 0 Å². The molecule has 1 saturated heterocycles. The monoisotopic (exact) mass is 233 g/mol. The number of esters is 1. The van der Waals surface area contributed by atoms with Crippen LogP contribution >= 0.6 is 0 Å². The summed E-state index contributed by atoms with van der Waals surface area (Å²) in [7, 11) is 0. The molecular weight excluding hydrogens is 218 g/mol. The SMILES string of the molecule is CCc1cccc(C)c1N1CCOC(=O)C1=O. The molecule has 4 nitrogen and oxygen atoms in total. The van der Waals surface area contributed by atoms with Crippen LogP contribution in [-0.4, -0.2) is 25.0 Å². The average molecular weight is 233 g/mol. The van der Waals surface area contributed by atoms with Gasteiger partial charge in [-0.1, -0.05) is 25.1 Å². The Balaban J connectivity index is 2.45. The topological polar surface area (TPSA) is 46.6 Å². The third-order valence-corrected chi connectivity index (χ3v) is 2.94. The molecule has 17 heavy (non-hydrogen) atoms. The highest BCUT2D eigenvalue weighted by Crippen LogP contribution is 2.27. The second-order valence-corrected chi connectivity index (χ2v) is 4.03. The van der Waals surface area contributed by atoms with Crippen molar-refractivity contribution in [3.05, 3.63) is 29.3 Å². The number of hydrogen-bond acceptors (Lipinski definition) is 3. The Morgan fingerprint density at radius 2 is 2.12 bits per heavy atom. The van der Waals surface area contributed by atoms with Crippen LogP contribution in [0.15, 0.2) is 18.2 Å². The lowest BCUT2D eigenvalue weighted by Crippen LogP contribution is -2.45. The van der Waals surface area contributed by atoms with Crippen LogP contribution in [0.5, 0.6) is 0 Å². The van der Waals surface area contributed by atoms with Gasteiger partial charge in [-0.15, -0.1) is 0 Å². The Bertz CT molecular complexity index is 468. The van der Waals surface area contributed by atoms with Gasteiger partial charge in [0.15, 0.2) is 0 Å². The van der Waals surface area contributed by atoms with Crippen molar-refractivity contribution >= 4 is 17.6 Å². The van der Waals surface area contributed by atoms with Gasteiger partial charge < -0.3 is 4.74 Å². The molecule has 1 amide bonds. The molecule has 0 aliphatic carbocycles. The molecule has 1 aliphatic heterocycles. The maximum Gasteiger partial charge on any atom is 0.397 e. The summed E-state index contributed by atoms with van der Waals surface area (Å²) in [6.45, 7) is 4.68. The van der Waals surface area contributed by atoms with Crippen LogP contribution in [0.4, 0.5) is 5.69 Å². The van der Waals surface area contributed by atoms with Gasteiger partial charge in [0.1, 0.15) is 6.61 Å². The second kappa shape index (κ2) is 4.57. The molecule has 0 N–H and O–H groups in total. The van der Waals surface area contributed by atoms with E-state index in [-0.39, 0.29) is 6.61 Å². The zero-order valence-corrected chi connectivity index (χ0v) is 10.0. The lowest BCUT2D eigenvalue weighted by Gasteiger charge is -2.28. The number of rotatable bonds is 2. The number of benzene rings is 1. The Hall–Kier alpha value is -1.84. The van der Waals surface area contributed by atoms with Crippen molar-refractivity contribution in [3.8, 4) is 0 Å². The van der Waals surface area contributed by atoms with E-state index in [4.69, 9.17) is 4.74 Å². The summed E-state index contributed by atoms with van der Waals surface area (Å²) in [4.78, 5) is 24.6. The Labute approximate surface area is 100 Å². The van der Waals surface area contributed by atoms with Crippen molar-refractivity contribution in [1.29, 1.82) is 0 Å². The van der Waals surface area contributed by atoms with Gasteiger partial charge in [-0.05, 0) is 24.5 Å². The molecular formula is C13H15NO3. The molecule has 1 aliphatic rings. The number of hydrogen-bond donors (Lipinski definition) is 0. The van der Waals surface area contributed by atoms with E-state index in [1.165, 1.54) is 4.90 Å². The van der Waals surface area contributed by atoms with E-state index >= 15 is 0 Å². The fraction of sp³-hybridized carbons (Fsp3) is 0.385. The Morgan fingerprint density at radius 3 is 2.82 bits per heavy atom. The van der Waals surface area contributed by atoms with E-state index in [1.54, 1.807) is 0 Å². The van der Waals surface area contributed by atoms with Crippen LogP contribution in [0.3, 0.4) is 0 Å². The molecule has 0 unspecified atom stereocenters. The Morgan fingerprint density at radius 1 is 1.35 bits per heavy atom. The number of carbonyl (C=O) groups is 2. The van der Waals surface area contributed by atoms with E-state index in [0.29, 0.717) is 6.54 Å². The number of para-hydroxylation sites is 1. The van der Waals surface area contributed by atoms with Crippen LogP contribution in [0, 0.1) is 6.92 Å². The van der Waals surface area contributed by atoms with E-state index in [9.17, 15) is 9.59 Å². The van der Waals surface area contributed by atoms with Crippen molar-refractivity contribution in [2.75, 3.05) is 18.1 Å². The first kappa shape index (κ1) is 11.6. The van der Waals surface area contributed by atoms with Gasteiger partial charge in [0.05, 0.1) is 12.2 Å². The highest BCUT2D eigenvalue weighted by atomic mass is 16.5.